The highest BCUT2D eigenvalue weighted by molar-refractivity contribution is 5.81. The predicted octanol–water partition coefficient (Wildman–Crippen LogP) is 0.708. The summed E-state index contributed by atoms with van der Waals surface area (Å²) in [4.78, 5) is 36.8. The van der Waals surface area contributed by atoms with Crippen molar-refractivity contribution in [1.82, 2.24) is 9.47 Å². The Balaban J connectivity index is 1.57. The first-order valence-electron chi connectivity index (χ1n) is 7.71. The van der Waals surface area contributed by atoms with Gasteiger partial charge >= 0.3 is 5.76 Å². The van der Waals surface area contributed by atoms with Crippen molar-refractivity contribution >= 4 is 22.9 Å². The number of amides is 2. The Morgan fingerprint density at radius 2 is 2.09 bits per heavy atom. The van der Waals surface area contributed by atoms with Crippen molar-refractivity contribution < 1.29 is 14.0 Å². The molecule has 1 atom stereocenters. The molecule has 2 amide bonds. The highest BCUT2D eigenvalue weighted by Gasteiger charge is 2.29. The molecule has 2 aromatic rings. The molecule has 122 valence electrons. The van der Waals surface area contributed by atoms with Gasteiger partial charge in [-0.3, -0.25) is 14.2 Å². The maximum absolute atomic E-state index is 12.2. The van der Waals surface area contributed by atoms with E-state index >= 15 is 0 Å². The van der Waals surface area contributed by atoms with E-state index in [1.165, 1.54) is 0 Å². The van der Waals surface area contributed by atoms with E-state index in [2.05, 4.69) is 0 Å². The van der Waals surface area contributed by atoms with E-state index in [9.17, 15) is 14.4 Å². The van der Waals surface area contributed by atoms with Gasteiger partial charge in [-0.2, -0.15) is 0 Å². The van der Waals surface area contributed by atoms with Gasteiger partial charge in [0.15, 0.2) is 5.58 Å². The third kappa shape index (κ3) is 3.13. The van der Waals surface area contributed by atoms with Crippen LogP contribution in [0.25, 0.3) is 11.1 Å². The quantitative estimate of drug-likeness (QED) is 0.878. The number of aromatic nitrogens is 1. The van der Waals surface area contributed by atoms with Crippen LogP contribution >= 0.6 is 0 Å². The normalized spacial score (nSPS) is 17.7. The van der Waals surface area contributed by atoms with Crippen molar-refractivity contribution in [3.63, 3.8) is 0 Å². The number of carbonyl (C=O) groups is 2. The van der Waals surface area contributed by atoms with Crippen molar-refractivity contribution in [2.24, 2.45) is 11.7 Å². The van der Waals surface area contributed by atoms with Gasteiger partial charge in [-0.15, -0.1) is 0 Å². The number of benzene rings is 1. The van der Waals surface area contributed by atoms with Crippen molar-refractivity contribution in [3.05, 3.63) is 34.8 Å². The highest BCUT2D eigenvalue weighted by atomic mass is 16.4. The average Bonchev–Trinajstić information content (AvgIpc) is 3.12. The zero-order chi connectivity index (χ0) is 16.4. The molecule has 2 heterocycles. The fourth-order valence-corrected chi connectivity index (χ4v) is 2.99. The van der Waals surface area contributed by atoms with Gasteiger partial charge in [0.05, 0.1) is 11.4 Å². The summed E-state index contributed by atoms with van der Waals surface area (Å²) in [6.45, 7) is 1.40. The van der Waals surface area contributed by atoms with Crippen LogP contribution in [0.15, 0.2) is 33.5 Å². The number of nitrogens with two attached hydrogens (primary N) is 1. The number of likely N-dealkylation sites (tertiary alicyclic amines) is 1. The van der Waals surface area contributed by atoms with Crippen LogP contribution in [-0.2, 0) is 16.1 Å². The third-order valence-corrected chi connectivity index (χ3v) is 4.29. The smallest absolute Gasteiger partial charge is 0.408 e. The molecule has 1 fully saturated rings. The topological polar surface area (TPSA) is 98.5 Å². The first-order valence-corrected chi connectivity index (χ1v) is 7.71. The summed E-state index contributed by atoms with van der Waals surface area (Å²) in [5, 5.41) is 0. The molecule has 7 heteroatoms. The van der Waals surface area contributed by atoms with E-state index in [1.54, 1.807) is 15.5 Å². The minimum atomic E-state index is -0.409. The number of oxazole rings is 1. The fraction of sp³-hybridized carbons (Fsp3) is 0.438. The van der Waals surface area contributed by atoms with Gasteiger partial charge in [0.25, 0.3) is 0 Å². The number of nitrogens with zero attached hydrogens (tertiary/aromatic N) is 2. The summed E-state index contributed by atoms with van der Waals surface area (Å²) in [6, 6.07) is 7.21. The van der Waals surface area contributed by atoms with Gasteiger partial charge in [0, 0.05) is 26.1 Å². The lowest BCUT2D eigenvalue weighted by atomic mass is 10.1. The van der Waals surface area contributed by atoms with Crippen LogP contribution in [0.4, 0.5) is 0 Å². The second-order valence-corrected chi connectivity index (χ2v) is 5.82. The molecule has 0 spiro atoms. The summed E-state index contributed by atoms with van der Waals surface area (Å²) in [5.74, 6) is -1.00. The van der Waals surface area contributed by atoms with E-state index < -0.39 is 5.76 Å². The van der Waals surface area contributed by atoms with Gasteiger partial charge in [-0.05, 0) is 25.0 Å². The largest absolute Gasteiger partial charge is 0.419 e. The second kappa shape index (κ2) is 6.28. The number of hydrogen-bond donors (Lipinski definition) is 1. The molecular formula is C16H19N3O4. The maximum Gasteiger partial charge on any atom is 0.419 e. The van der Waals surface area contributed by atoms with Crippen molar-refractivity contribution in [3.8, 4) is 0 Å². The van der Waals surface area contributed by atoms with E-state index in [1.807, 2.05) is 18.2 Å². The molecule has 1 aromatic heterocycles. The lowest BCUT2D eigenvalue weighted by Crippen LogP contribution is -2.31. The average molecular weight is 317 g/mol. The Morgan fingerprint density at radius 3 is 2.83 bits per heavy atom. The van der Waals surface area contributed by atoms with Gasteiger partial charge < -0.3 is 15.1 Å². The summed E-state index contributed by atoms with van der Waals surface area (Å²) in [6.07, 6.45) is 1.50. The van der Waals surface area contributed by atoms with Crippen LogP contribution in [0.2, 0.25) is 0 Å². The van der Waals surface area contributed by atoms with Crippen LogP contribution < -0.4 is 11.5 Å². The van der Waals surface area contributed by atoms with Gasteiger partial charge in [0.1, 0.15) is 0 Å². The summed E-state index contributed by atoms with van der Waals surface area (Å²) in [5.41, 5.74) is 6.55. The molecule has 0 radical (unpaired) electrons. The lowest BCUT2D eigenvalue weighted by molar-refractivity contribution is -0.130. The molecule has 0 saturated carbocycles. The first kappa shape index (κ1) is 15.3. The second-order valence-electron chi connectivity index (χ2n) is 5.82. The molecule has 23 heavy (non-hydrogen) atoms. The molecular weight excluding hydrogens is 298 g/mol. The Kier molecular flexibility index (Phi) is 4.18. The van der Waals surface area contributed by atoms with Crippen LogP contribution in [0.1, 0.15) is 19.3 Å². The summed E-state index contributed by atoms with van der Waals surface area (Å²) < 4.78 is 6.70. The van der Waals surface area contributed by atoms with Crippen LogP contribution in [0.5, 0.6) is 0 Å². The van der Waals surface area contributed by atoms with Crippen LogP contribution in [0.3, 0.4) is 0 Å². The molecule has 0 bridgehead atoms. The zero-order valence-corrected chi connectivity index (χ0v) is 12.7. The van der Waals surface area contributed by atoms with Gasteiger partial charge in [-0.1, -0.05) is 12.1 Å². The third-order valence-electron chi connectivity index (χ3n) is 4.29. The standard InChI is InChI=1S/C16H19N3O4/c17-15(21)11-7-9-18(10-11)14(20)6-3-8-19-12-4-1-2-5-13(12)23-16(19)22/h1-2,4-5,11H,3,6-10H2,(H2,17,21)/t11-/m1/s1. The maximum atomic E-state index is 12.2. The fourth-order valence-electron chi connectivity index (χ4n) is 2.99. The van der Waals surface area contributed by atoms with Gasteiger partial charge in [0.2, 0.25) is 11.8 Å². The van der Waals surface area contributed by atoms with Crippen molar-refractivity contribution in [1.29, 1.82) is 0 Å². The van der Waals surface area contributed by atoms with Crippen molar-refractivity contribution in [2.45, 2.75) is 25.8 Å². The highest BCUT2D eigenvalue weighted by Crippen LogP contribution is 2.17. The number of carbonyl (C=O) groups excluding carboxylic acids is 2. The SMILES string of the molecule is NC(=O)[C@@H]1CCN(C(=O)CCCn2c(=O)oc3ccccc32)C1. The molecule has 1 aromatic carbocycles. The van der Waals surface area contributed by atoms with E-state index in [-0.39, 0.29) is 17.7 Å². The Labute approximate surface area is 132 Å². The van der Waals surface area contributed by atoms with E-state index in [0.29, 0.717) is 44.5 Å². The molecule has 1 aliphatic rings. The number of fused-ring (bicyclic) bond motifs is 1. The Bertz CT molecular complexity index is 792. The molecule has 2 N–H and O–H groups in total. The van der Waals surface area contributed by atoms with E-state index in [4.69, 9.17) is 10.2 Å². The minimum absolute atomic E-state index is 0.00500. The van der Waals surface area contributed by atoms with Gasteiger partial charge in [-0.25, -0.2) is 4.79 Å². The molecule has 7 nitrogen and oxygen atoms in total. The molecule has 0 aliphatic carbocycles. The number of primary amides is 1. The first-order chi connectivity index (χ1) is 11.1. The summed E-state index contributed by atoms with van der Waals surface area (Å²) in [7, 11) is 0. The monoisotopic (exact) mass is 317 g/mol. The molecule has 3 rings (SSSR count). The molecule has 0 unspecified atom stereocenters. The Morgan fingerprint density at radius 1 is 1.30 bits per heavy atom. The lowest BCUT2D eigenvalue weighted by Gasteiger charge is -2.15. The Hall–Kier alpha value is -2.57. The zero-order valence-electron chi connectivity index (χ0n) is 12.7. The number of para-hydroxylation sites is 2. The molecule has 1 aliphatic heterocycles. The summed E-state index contributed by atoms with van der Waals surface area (Å²) >= 11 is 0. The van der Waals surface area contributed by atoms with Crippen LogP contribution in [-0.4, -0.2) is 34.4 Å². The van der Waals surface area contributed by atoms with E-state index in [0.717, 1.165) is 5.52 Å². The predicted molar refractivity (Wildman–Crippen MR) is 83.6 cm³/mol. The number of aryl methyl sites for hydroxylation is 1. The molecule has 1 saturated heterocycles. The number of hydrogen-bond acceptors (Lipinski definition) is 4. The minimum Gasteiger partial charge on any atom is -0.408 e. The number of rotatable bonds is 5. The van der Waals surface area contributed by atoms with Crippen molar-refractivity contribution in [2.75, 3.05) is 13.1 Å². The van der Waals surface area contributed by atoms with Crippen LogP contribution in [0, 0.1) is 5.92 Å².